The average molecular weight is 520 g/mol. The molecule has 3 amide bonds. The van der Waals surface area contributed by atoms with E-state index in [9.17, 15) is 14.4 Å². The molecule has 1 aromatic carbocycles. The van der Waals surface area contributed by atoms with Crippen LogP contribution in [-0.4, -0.2) is 66.2 Å². The zero-order valence-electron chi connectivity index (χ0n) is 23.5. The number of likely N-dealkylation sites (N-methyl/N-ethyl adjacent to an activating group) is 2. The van der Waals surface area contributed by atoms with Crippen LogP contribution in [0.15, 0.2) is 60.9 Å². The number of aromatic nitrogens is 1. The van der Waals surface area contributed by atoms with Gasteiger partial charge in [-0.1, -0.05) is 38.6 Å². The minimum Gasteiger partial charge on any atom is -0.347 e. The number of carbonyl (C=O) groups is 3. The fourth-order valence-electron chi connectivity index (χ4n) is 4.13. The van der Waals surface area contributed by atoms with Crippen LogP contribution in [-0.2, 0) is 14.4 Å². The van der Waals surface area contributed by atoms with Gasteiger partial charge in [0.05, 0.1) is 6.54 Å². The number of likely N-dealkylation sites (tertiary alicyclic amines) is 1. The van der Waals surface area contributed by atoms with Crippen molar-refractivity contribution >= 4 is 35.3 Å². The fraction of sp³-hybridized carbons (Fsp3) is 0.400. The molecular weight excluding hydrogens is 478 g/mol. The molecule has 0 atom stereocenters. The second-order valence-electron chi connectivity index (χ2n) is 9.19. The number of nitrogens with zero attached hydrogens (tertiary/aromatic N) is 4. The normalized spacial score (nSPS) is 13.4. The lowest BCUT2D eigenvalue weighted by atomic mass is 9.96. The summed E-state index contributed by atoms with van der Waals surface area (Å²) in [6.45, 7) is 13.3. The highest BCUT2D eigenvalue weighted by molar-refractivity contribution is 5.93. The molecule has 1 aliphatic heterocycles. The first kappa shape index (κ1) is 30.3. The molecule has 0 unspecified atom stereocenters. The van der Waals surface area contributed by atoms with Gasteiger partial charge in [-0.15, -0.1) is 0 Å². The lowest BCUT2D eigenvalue weighted by Gasteiger charge is -2.30. The number of carbonyl (C=O) groups excluding carboxylic acids is 3. The number of piperidine rings is 1. The molecule has 0 saturated carbocycles. The lowest BCUT2D eigenvalue weighted by molar-refractivity contribution is -0.132. The van der Waals surface area contributed by atoms with Crippen LogP contribution in [0.2, 0.25) is 0 Å². The van der Waals surface area contributed by atoms with E-state index in [2.05, 4.69) is 16.9 Å². The lowest BCUT2D eigenvalue weighted by Crippen LogP contribution is -2.40. The molecule has 2 heterocycles. The molecule has 8 nitrogen and oxygen atoms in total. The quantitative estimate of drug-likeness (QED) is 0.510. The highest BCUT2D eigenvalue weighted by atomic mass is 16.2. The van der Waals surface area contributed by atoms with E-state index < -0.39 is 0 Å². The summed E-state index contributed by atoms with van der Waals surface area (Å²) in [5, 5.41) is 2.85. The largest absolute Gasteiger partial charge is 0.347 e. The summed E-state index contributed by atoms with van der Waals surface area (Å²) in [4.78, 5) is 46.3. The van der Waals surface area contributed by atoms with Crippen molar-refractivity contribution in [3.63, 3.8) is 0 Å². The van der Waals surface area contributed by atoms with Crippen LogP contribution in [0.1, 0.15) is 44.7 Å². The van der Waals surface area contributed by atoms with Crippen molar-refractivity contribution in [3.05, 3.63) is 72.1 Å². The highest BCUT2D eigenvalue weighted by Gasteiger charge is 2.26. The van der Waals surface area contributed by atoms with E-state index in [1.807, 2.05) is 57.0 Å². The number of pyridine rings is 1. The number of benzene rings is 1. The predicted octanol–water partition coefficient (Wildman–Crippen LogP) is 4.73. The molecule has 1 aromatic heterocycles. The summed E-state index contributed by atoms with van der Waals surface area (Å²) < 4.78 is 0. The molecule has 0 bridgehead atoms. The standard InChI is InChI=1S/C28H35N5O3.C2H6/c1-20-8-6-7-9-25(20)32(5)21(2)19-31(4)27(35)13-11-23-10-12-26(29-18-23)30-28(36)24-14-16-33(17-15-24)22(3)34;1-2/h6-13,18,24H,2,14-17,19H2,1,3-5H3,(H,29,30,36);1-2H3/b13-11+;. The first-order valence-corrected chi connectivity index (χ1v) is 13.1. The van der Waals surface area contributed by atoms with E-state index in [1.54, 1.807) is 48.2 Å². The Kier molecular flexibility index (Phi) is 11.7. The van der Waals surface area contributed by atoms with Crippen molar-refractivity contribution in [2.24, 2.45) is 5.92 Å². The Morgan fingerprint density at radius 1 is 1.11 bits per heavy atom. The number of aryl methyl sites for hydroxylation is 1. The smallest absolute Gasteiger partial charge is 0.246 e. The van der Waals surface area contributed by atoms with Crippen molar-refractivity contribution < 1.29 is 14.4 Å². The van der Waals surface area contributed by atoms with Crippen molar-refractivity contribution in [2.75, 3.05) is 43.9 Å². The molecule has 38 heavy (non-hydrogen) atoms. The molecule has 0 spiro atoms. The van der Waals surface area contributed by atoms with Crippen LogP contribution in [0.5, 0.6) is 0 Å². The SMILES string of the molecule is C=C(CN(C)C(=O)/C=C/c1ccc(NC(=O)C2CCN(C(C)=O)CC2)nc1)N(C)c1ccccc1C.CC. The Morgan fingerprint density at radius 3 is 2.34 bits per heavy atom. The van der Waals surface area contributed by atoms with Gasteiger partial charge in [0.2, 0.25) is 17.7 Å². The molecule has 2 aromatic rings. The second-order valence-corrected chi connectivity index (χ2v) is 9.19. The maximum absolute atomic E-state index is 12.6. The third-order valence-electron chi connectivity index (χ3n) is 6.51. The second kappa shape index (κ2) is 14.7. The van der Waals surface area contributed by atoms with Gasteiger partial charge in [-0.25, -0.2) is 4.98 Å². The van der Waals surface area contributed by atoms with Gasteiger partial charge < -0.3 is 20.0 Å². The highest BCUT2D eigenvalue weighted by Crippen LogP contribution is 2.22. The van der Waals surface area contributed by atoms with Crippen molar-refractivity contribution in [1.82, 2.24) is 14.8 Å². The van der Waals surface area contributed by atoms with Gasteiger partial charge >= 0.3 is 0 Å². The summed E-state index contributed by atoms with van der Waals surface area (Å²) in [6.07, 6.45) is 6.11. The Hall–Kier alpha value is -3.94. The molecule has 0 radical (unpaired) electrons. The number of anilines is 2. The van der Waals surface area contributed by atoms with Gasteiger partial charge in [0, 0.05) is 63.7 Å². The Morgan fingerprint density at radius 2 is 1.76 bits per heavy atom. The number of rotatable bonds is 8. The van der Waals surface area contributed by atoms with E-state index in [1.165, 1.54) is 6.08 Å². The summed E-state index contributed by atoms with van der Waals surface area (Å²) in [5.74, 6) is 0.147. The van der Waals surface area contributed by atoms with E-state index >= 15 is 0 Å². The van der Waals surface area contributed by atoms with Crippen LogP contribution in [0.3, 0.4) is 0 Å². The van der Waals surface area contributed by atoms with Gasteiger partial charge in [-0.3, -0.25) is 14.4 Å². The van der Waals surface area contributed by atoms with Gasteiger partial charge in [0.25, 0.3) is 0 Å². The van der Waals surface area contributed by atoms with Crippen molar-refractivity contribution in [3.8, 4) is 0 Å². The number of amides is 3. The molecule has 204 valence electrons. The zero-order chi connectivity index (χ0) is 28.2. The average Bonchev–Trinajstić information content (AvgIpc) is 2.93. The van der Waals surface area contributed by atoms with Crippen LogP contribution in [0, 0.1) is 12.8 Å². The van der Waals surface area contributed by atoms with Gasteiger partial charge in [0.1, 0.15) is 5.82 Å². The van der Waals surface area contributed by atoms with Gasteiger partial charge in [-0.2, -0.15) is 0 Å². The molecule has 1 N–H and O–H groups in total. The Balaban J connectivity index is 0.00000247. The third-order valence-corrected chi connectivity index (χ3v) is 6.51. The summed E-state index contributed by atoms with van der Waals surface area (Å²) in [7, 11) is 3.68. The van der Waals surface area contributed by atoms with E-state index in [0.717, 1.165) is 22.5 Å². The molecule has 0 aliphatic carbocycles. The molecule has 8 heteroatoms. The number of hydrogen-bond donors (Lipinski definition) is 1. The molecule has 1 saturated heterocycles. The monoisotopic (exact) mass is 519 g/mol. The van der Waals surface area contributed by atoms with Gasteiger partial charge in [-0.05, 0) is 55.2 Å². The fourth-order valence-corrected chi connectivity index (χ4v) is 4.13. The predicted molar refractivity (Wildman–Crippen MR) is 155 cm³/mol. The Labute approximate surface area is 227 Å². The van der Waals surface area contributed by atoms with Crippen molar-refractivity contribution in [1.29, 1.82) is 0 Å². The number of para-hydroxylation sites is 1. The summed E-state index contributed by atoms with van der Waals surface area (Å²) in [5.41, 5.74) is 3.75. The molecule has 1 aliphatic rings. The first-order chi connectivity index (χ1) is 18.2. The van der Waals surface area contributed by atoms with Crippen LogP contribution < -0.4 is 10.2 Å². The molecule has 1 fully saturated rings. The molecule has 3 rings (SSSR count). The zero-order valence-corrected chi connectivity index (χ0v) is 23.5. The minimum atomic E-state index is -0.149. The van der Waals surface area contributed by atoms with Crippen LogP contribution >= 0.6 is 0 Å². The maximum Gasteiger partial charge on any atom is 0.246 e. The number of hydrogen-bond acceptors (Lipinski definition) is 5. The summed E-state index contributed by atoms with van der Waals surface area (Å²) >= 11 is 0. The summed E-state index contributed by atoms with van der Waals surface area (Å²) in [6, 6.07) is 11.6. The topological polar surface area (TPSA) is 85.8 Å². The van der Waals surface area contributed by atoms with Gasteiger partial charge in [0.15, 0.2) is 0 Å². The van der Waals surface area contributed by atoms with Crippen LogP contribution in [0.25, 0.3) is 6.08 Å². The number of nitrogens with one attached hydrogen (secondary N) is 1. The first-order valence-electron chi connectivity index (χ1n) is 13.1. The van der Waals surface area contributed by atoms with Crippen molar-refractivity contribution in [2.45, 2.75) is 40.5 Å². The Bertz CT molecular complexity index is 1130. The van der Waals surface area contributed by atoms with Crippen LogP contribution in [0.4, 0.5) is 11.5 Å². The maximum atomic E-state index is 12.6. The minimum absolute atomic E-state index is 0.0448. The third kappa shape index (κ3) is 8.57. The molecular formula is C30H41N5O3. The van der Waals surface area contributed by atoms with E-state index in [0.29, 0.717) is 38.3 Å². The van der Waals surface area contributed by atoms with E-state index in [-0.39, 0.29) is 23.6 Å². The van der Waals surface area contributed by atoms with E-state index in [4.69, 9.17) is 0 Å².